The van der Waals surface area contributed by atoms with Crippen molar-refractivity contribution in [1.82, 2.24) is 9.99 Å². The van der Waals surface area contributed by atoms with Crippen LogP contribution in [0.1, 0.15) is 38.8 Å². The monoisotopic (exact) mass is 619 g/mol. The molecule has 47 heavy (non-hydrogen) atoms. The number of furan rings is 1. The summed E-state index contributed by atoms with van der Waals surface area (Å²) in [7, 11) is 0. The van der Waals surface area contributed by atoms with E-state index in [9.17, 15) is 4.79 Å². The van der Waals surface area contributed by atoms with Gasteiger partial charge in [-0.05, 0) is 95.6 Å². The number of rotatable bonds is 10. The maximum atomic E-state index is 12.9. The number of fused-ring (bicyclic) bond motifs is 2. The lowest BCUT2D eigenvalue weighted by Gasteiger charge is -2.13. The van der Waals surface area contributed by atoms with Gasteiger partial charge in [0, 0.05) is 22.6 Å². The van der Waals surface area contributed by atoms with Gasteiger partial charge in [-0.15, -0.1) is 0 Å². The number of aryl methyl sites for hydroxylation is 2. The summed E-state index contributed by atoms with van der Waals surface area (Å²) in [6, 6.07) is 41.8. The maximum Gasteiger partial charge on any atom is 0.307 e. The third-order valence-electron chi connectivity index (χ3n) is 8.19. The molecule has 0 spiro atoms. The quantitative estimate of drug-likeness (QED) is 0.123. The van der Waals surface area contributed by atoms with E-state index in [1.54, 1.807) is 18.3 Å². The number of ether oxygens (including phenoxy) is 2. The van der Waals surface area contributed by atoms with E-state index >= 15 is 0 Å². The van der Waals surface area contributed by atoms with Gasteiger partial charge in [0.05, 0.1) is 6.21 Å². The van der Waals surface area contributed by atoms with Gasteiger partial charge >= 0.3 is 5.91 Å². The van der Waals surface area contributed by atoms with Crippen LogP contribution >= 0.6 is 0 Å². The van der Waals surface area contributed by atoms with Gasteiger partial charge in [0.1, 0.15) is 30.5 Å². The minimum atomic E-state index is -0.465. The smallest absolute Gasteiger partial charge is 0.307 e. The lowest BCUT2D eigenvalue weighted by Crippen LogP contribution is -2.17. The molecule has 0 unspecified atom stereocenters. The summed E-state index contributed by atoms with van der Waals surface area (Å²) in [5.74, 6) is 1.57. The largest absolute Gasteiger partial charge is 0.488 e. The molecule has 0 atom stereocenters. The summed E-state index contributed by atoms with van der Waals surface area (Å²) in [5, 5.41) is 8.60. The number of hydrazone groups is 1. The Kier molecular flexibility index (Phi) is 8.26. The van der Waals surface area contributed by atoms with Crippen LogP contribution in [0.2, 0.25) is 0 Å². The minimum absolute atomic E-state index is 0.139. The predicted molar refractivity (Wildman–Crippen MR) is 186 cm³/mol. The molecule has 7 rings (SSSR count). The highest BCUT2D eigenvalue weighted by Crippen LogP contribution is 2.29. The number of carbonyl (C=O) groups excluding carboxylic acids is 1. The van der Waals surface area contributed by atoms with E-state index in [1.807, 2.05) is 78.9 Å². The molecular formula is C40H33N3O4. The first kappa shape index (κ1) is 29.6. The van der Waals surface area contributed by atoms with Crippen LogP contribution in [0.25, 0.3) is 27.2 Å². The van der Waals surface area contributed by atoms with Gasteiger partial charge in [-0.25, -0.2) is 5.43 Å². The van der Waals surface area contributed by atoms with Gasteiger partial charge < -0.3 is 18.5 Å². The van der Waals surface area contributed by atoms with E-state index in [4.69, 9.17) is 13.9 Å². The first-order valence-electron chi connectivity index (χ1n) is 15.4. The highest BCUT2D eigenvalue weighted by Gasteiger charge is 2.13. The maximum absolute atomic E-state index is 12.9. The molecule has 0 aliphatic carbocycles. The molecule has 2 aromatic heterocycles. The van der Waals surface area contributed by atoms with Gasteiger partial charge in [-0.2, -0.15) is 5.10 Å². The fourth-order valence-corrected chi connectivity index (χ4v) is 5.82. The van der Waals surface area contributed by atoms with Gasteiger partial charge in [0.2, 0.25) is 0 Å². The normalized spacial score (nSPS) is 11.4. The molecule has 0 fully saturated rings. The summed E-state index contributed by atoms with van der Waals surface area (Å²) in [6.45, 7) is 4.74. The van der Waals surface area contributed by atoms with Crippen molar-refractivity contribution in [2.24, 2.45) is 5.10 Å². The summed E-state index contributed by atoms with van der Waals surface area (Å²) < 4.78 is 20.2. The van der Waals surface area contributed by atoms with Gasteiger partial charge in [-0.3, -0.25) is 4.79 Å². The fraction of sp³-hybridized carbons (Fsp3) is 0.100. The van der Waals surface area contributed by atoms with Gasteiger partial charge in [-0.1, -0.05) is 72.8 Å². The lowest BCUT2D eigenvalue weighted by molar-refractivity contribution is 0.0923. The number of hydrogen-bond acceptors (Lipinski definition) is 5. The average molecular weight is 620 g/mol. The molecule has 0 aliphatic heterocycles. The molecule has 1 N–H and O–H groups in total. The van der Waals surface area contributed by atoms with Crippen LogP contribution in [0.5, 0.6) is 11.5 Å². The number of benzene rings is 5. The summed E-state index contributed by atoms with van der Waals surface area (Å²) in [6.07, 6.45) is 1.62. The summed E-state index contributed by atoms with van der Waals surface area (Å²) >= 11 is 0. The Morgan fingerprint density at radius 1 is 0.723 bits per heavy atom. The first-order valence-corrected chi connectivity index (χ1v) is 15.4. The predicted octanol–water partition coefficient (Wildman–Crippen LogP) is 8.92. The van der Waals surface area contributed by atoms with Crippen LogP contribution in [0.15, 0.2) is 137 Å². The molecule has 0 aliphatic rings. The number of carbonyl (C=O) groups is 1. The van der Waals surface area contributed by atoms with Crippen LogP contribution in [0.4, 0.5) is 0 Å². The Balaban J connectivity index is 1.01. The summed E-state index contributed by atoms with van der Waals surface area (Å²) in [4.78, 5) is 12.9. The van der Waals surface area contributed by atoms with E-state index in [1.165, 1.54) is 11.4 Å². The van der Waals surface area contributed by atoms with Crippen molar-refractivity contribution in [3.05, 3.63) is 161 Å². The molecule has 0 radical (unpaired) electrons. The van der Waals surface area contributed by atoms with Crippen LogP contribution in [-0.4, -0.2) is 16.7 Å². The second-order valence-electron chi connectivity index (χ2n) is 11.3. The minimum Gasteiger partial charge on any atom is -0.488 e. The molecule has 0 saturated carbocycles. The van der Waals surface area contributed by atoms with Crippen molar-refractivity contribution in [1.29, 1.82) is 0 Å². The van der Waals surface area contributed by atoms with Crippen molar-refractivity contribution >= 4 is 33.7 Å². The lowest BCUT2D eigenvalue weighted by atomic mass is 10.0. The van der Waals surface area contributed by atoms with Crippen LogP contribution in [0.3, 0.4) is 0 Å². The topological polar surface area (TPSA) is 78.0 Å². The van der Waals surface area contributed by atoms with E-state index in [0.29, 0.717) is 23.9 Å². The molecule has 5 aromatic carbocycles. The molecule has 2 heterocycles. The Morgan fingerprint density at radius 3 is 2.21 bits per heavy atom. The molecular weight excluding hydrogens is 586 g/mol. The Labute approximate surface area is 272 Å². The third kappa shape index (κ3) is 6.37. The Morgan fingerprint density at radius 2 is 1.43 bits per heavy atom. The van der Waals surface area contributed by atoms with Gasteiger partial charge in [0.15, 0.2) is 5.76 Å². The fourth-order valence-electron chi connectivity index (χ4n) is 5.82. The van der Waals surface area contributed by atoms with E-state index in [2.05, 4.69) is 65.3 Å². The highest BCUT2D eigenvalue weighted by atomic mass is 16.5. The molecule has 7 nitrogen and oxygen atoms in total. The zero-order valence-electron chi connectivity index (χ0n) is 26.1. The number of nitrogens with zero attached hydrogens (tertiary/aromatic N) is 2. The van der Waals surface area contributed by atoms with Crippen LogP contribution in [0, 0.1) is 13.8 Å². The summed E-state index contributed by atoms with van der Waals surface area (Å²) in [5.41, 5.74) is 7.86. The van der Waals surface area contributed by atoms with E-state index < -0.39 is 5.91 Å². The SMILES string of the molecule is Cc1ccc(C)n1-c1ccc(OCc2ccc(C(=O)N/N=C/c3c(OCc4cccc5ccccc45)ccc4ccccc34)o2)cc1. The van der Waals surface area contributed by atoms with Crippen molar-refractivity contribution in [3.63, 3.8) is 0 Å². The standard InChI is InChI=1S/C40H33N3O4/c1-27-14-15-28(2)43(27)32-17-19-33(20-18-32)45-26-34-21-23-39(47-34)40(44)42-41-24-37-36-13-6-4-9-30(36)16-22-38(37)46-25-31-11-7-10-29-8-3-5-12-35(29)31/h3-24H,25-26H2,1-2H3,(H,42,44)/b41-24+. The number of hydrogen-bond donors (Lipinski definition) is 1. The first-order chi connectivity index (χ1) is 23.0. The van der Waals surface area contributed by atoms with Crippen LogP contribution < -0.4 is 14.9 Å². The number of aromatic nitrogens is 1. The second kappa shape index (κ2) is 13.1. The Hall–Kier alpha value is -6.08. The molecule has 232 valence electrons. The molecule has 7 aromatic rings. The highest BCUT2D eigenvalue weighted by molar-refractivity contribution is 6.03. The Bertz CT molecular complexity index is 2200. The molecule has 0 saturated heterocycles. The van der Waals surface area contributed by atoms with Crippen molar-refractivity contribution in [2.75, 3.05) is 0 Å². The molecule has 1 amide bonds. The zero-order valence-corrected chi connectivity index (χ0v) is 26.1. The van der Waals surface area contributed by atoms with Crippen molar-refractivity contribution < 1.29 is 18.7 Å². The van der Waals surface area contributed by atoms with Gasteiger partial charge in [0.25, 0.3) is 0 Å². The van der Waals surface area contributed by atoms with E-state index in [0.717, 1.165) is 38.4 Å². The average Bonchev–Trinajstić information content (AvgIpc) is 3.72. The van der Waals surface area contributed by atoms with E-state index in [-0.39, 0.29) is 12.4 Å². The van der Waals surface area contributed by atoms with Crippen molar-refractivity contribution in [3.8, 4) is 17.2 Å². The van der Waals surface area contributed by atoms with Crippen LogP contribution in [-0.2, 0) is 13.2 Å². The van der Waals surface area contributed by atoms with Crippen molar-refractivity contribution in [2.45, 2.75) is 27.1 Å². The number of amides is 1. The molecule has 7 heteroatoms. The third-order valence-corrected chi connectivity index (χ3v) is 8.19. The number of nitrogens with one attached hydrogen (secondary N) is 1. The zero-order chi connectivity index (χ0) is 32.2. The second-order valence-corrected chi connectivity index (χ2v) is 11.3. The molecule has 0 bridgehead atoms.